The van der Waals surface area contributed by atoms with E-state index < -0.39 is 17.8 Å². The van der Waals surface area contributed by atoms with E-state index in [9.17, 15) is 9.59 Å². The number of Topliss-reactive ketones (excluding diaryl/α,β-unsaturated/α-hetero) is 1. The monoisotopic (exact) mass is 308 g/mol. The summed E-state index contributed by atoms with van der Waals surface area (Å²) in [6.45, 7) is 1.95. The fourth-order valence-corrected chi connectivity index (χ4v) is 2.88. The summed E-state index contributed by atoms with van der Waals surface area (Å²) in [5, 5.41) is 9.39. The molecule has 112 valence electrons. The Morgan fingerprint density at radius 3 is 2.57 bits per heavy atom. The van der Waals surface area contributed by atoms with Crippen molar-refractivity contribution in [2.24, 2.45) is 11.8 Å². The van der Waals surface area contributed by atoms with Crippen molar-refractivity contribution >= 4 is 23.4 Å². The first kappa shape index (κ1) is 14.5. The van der Waals surface area contributed by atoms with Gasteiger partial charge in [0.05, 0.1) is 18.1 Å². The van der Waals surface area contributed by atoms with E-state index in [1.54, 1.807) is 18.2 Å². The van der Waals surface area contributed by atoms with Crippen LogP contribution in [0.2, 0.25) is 5.02 Å². The van der Waals surface area contributed by atoms with E-state index in [0.717, 1.165) is 18.4 Å². The van der Waals surface area contributed by atoms with Crippen molar-refractivity contribution in [2.75, 3.05) is 0 Å². The highest BCUT2D eigenvalue weighted by atomic mass is 35.5. The van der Waals surface area contributed by atoms with Crippen LogP contribution in [-0.2, 0) is 9.53 Å². The molecule has 2 aliphatic carbocycles. The zero-order chi connectivity index (χ0) is 15.1. The minimum Gasteiger partial charge on any atom is -0.481 e. The van der Waals surface area contributed by atoms with Crippen molar-refractivity contribution < 1.29 is 19.4 Å². The first-order chi connectivity index (χ1) is 9.97. The topological polar surface area (TPSA) is 63.6 Å². The summed E-state index contributed by atoms with van der Waals surface area (Å²) in [6.07, 6.45) is 2.85. The number of benzene rings is 1. The van der Waals surface area contributed by atoms with Gasteiger partial charge in [-0.05, 0) is 37.8 Å². The molecule has 2 saturated carbocycles. The largest absolute Gasteiger partial charge is 0.481 e. The van der Waals surface area contributed by atoms with E-state index in [2.05, 4.69) is 0 Å². The summed E-state index contributed by atoms with van der Waals surface area (Å²) < 4.78 is 5.79. The summed E-state index contributed by atoms with van der Waals surface area (Å²) in [6, 6.07) is 5.15. The molecule has 0 amide bonds. The van der Waals surface area contributed by atoms with Crippen molar-refractivity contribution in [2.45, 2.75) is 38.4 Å². The van der Waals surface area contributed by atoms with Gasteiger partial charge in [0.1, 0.15) is 0 Å². The molecule has 4 nitrogen and oxygen atoms in total. The third-order valence-corrected chi connectivity index (χ3v) is 4.42. The standard InChI is InChI=1S/C16H17ClO4/c1-8(21-10-3-4-10)11-5-2-9(6-14(11)17)15(18)12-7-13(12)16(19)20/h2,5-6,8,10,12-13H,3-4,7H2,1H3,(H,19,20)/t8?,12-,13-/m0/s1. The zero-order valence-corrected chi connectivity index (χ0v) is 12.5. The molecule has 0 aromatic heterocycles. The maximum atomic E-state index is 12.2. The fraction of sp³-hybridized carbons (Fsp3) is 0.500. The molecular formula is C16H17ClO4. The van der Waals surface area contributed by atoms with Crippen LogP contribution in [0.3, 0.4) is 0 Å². The van der Waals surface area contributed by atoms with Crippen molar-refractivity contribution in [1.82, 2.24) is 0 Å². The second-order valence-corrected chi connectivity index (χ2v) is 6.27. The first-order valence-corrected chi connectivity index (χ1v) is 7.57. The van der Waals surface area contributed by atoms with Gasteiger partial charge >= 0.3 is 5.97 Å². The van der Waals surface area contributed by atoms with E-state index >= 15 is 0 Å². The lowest BCUT2D eigenvalue weighted by Gasteiger charge is -2.15. The lowest BCUT2D eigenvalue weighted by molar-refractivity contribution is -0.138. The fourth-order valence-electron chi connectivity index (χ4n) is 2.55. The van der Waals surface area contributed by atoms with Gasteiger partial charge in [-0.3, -0.25) is 9.59 Å². The van der Waals surface area contributed by atoms with Gasteiger partial charge in [0.2, 0.25) is 0 Å². The minimum absolute atomic E-state index is 0.0955. The Balaban J connectivity index is 1.71. The number of ketones is 1. The zero-order valence-electron chi connectivity index (χ0n) is 11.7. The number of aliphatic carboxylic acids is 1. The van der Waals surface area contributed by atoms with E-state index in [1.165, 1.54) is 0 Å². The molecule has 3 rings (SSSR count). The van der Waals surface area contributed by atoms with Crippen molar-refractivity contribution in [1.29, 1.82) is 0 Å². The van der Waals surface area contributed by atoms with Crippen molar-refractivity contribution in [3.8, 4) is 0 Å². The minimum atomic E-state index is -0.900. The molecule has 0 spiro atoms. The van der Waals surface area contributed by atoms with E-state index in [0.29, 0.717) is 23.1 Å². The molecule has 0 aliphatic heterocycles. The van der Waals surface area contributed by atoms with E-state index in [-0.39, 0.29) is 11.9 Å². The number of hydrogen-bond acceptors (Lipinski definition) is 3. The second kappa shape index (κ2) is 5.43. The maximum absolute atomic E-state index is 12.2. The van der Waals surface area contributed by atoms with Crippen LogP contribution >= 0.6 is 11.6 Å². The average molecular weight is 309 g/mol. The van der Waals surface area contributed by atoms with Gasteiger partial charge in [0.15, 0.2) is 5.78 Å². The summed E-state index contributed by atoms with van der Waals surface area (Å²) in [7, 11) is 0. The van der Waals surface area contributed by atoms with Gasteiger partial charge in [-0.15, -0.1) is 0 Å². The Morgan fingerprint density at radius 1 is 1.33 bits per heavy atom. The molecule has 0 radical (unpaired) electrons. The number of carbonyl (C=O) groups is 2. The Bertz CT molecular complexity index is 594. The second-order valence-electron chi connectivity index (χ2n) is 5.87. The molecule has 0 saturated heterocycles. The third-order valence-electron chi connectivity index (χ3n) is 4.09. The van der Waals surface area contributed by atoms with E-state index in [4.69, 9.17) is 21.4 Å². The number of halogens is 1. The average Bonchev–Trinajstić information content (AvgIpc) is 3.31. The Kier molecular flexibility index (Phi) is 3.76. The van der Waals surface area contributed by atoms with Crippen LogP contribution in [0.15, 0.2) is 18.2 Å². The molecule has 1 aromatic carbocycles. The SMILES string of the molecule is CC(OC1CC1)c1ccc(C(=O)[C@H]2C[C@@H]2C(=O)O)cc1Cl. The van der Waals surface area contributed by atoms with Crippen LogP contribution in [0.25, 0.3) is 0 Å². The summed E-state index contributed by atoms with van der Waals surface area (Å²) in [5.41, 5.74) is 1.35. The van der Waals surface area contributed by atoms with Crippen LogP contribution in [-0.4, -0.2) is 23.0 Å². The third kappa shape index (κ3) is 3.11. The van der Waals surface area contributed by atoms with Gasteiger partial charge in [-0.25, -0.2) is 0 Å². The summed E-state index contributed by atoms with van der Waals surface area (Å²) >= 11 is 6.25. The number of carboxylic acids is 1. The van der Waals surface area contributed by atoms with Gasteiger partial charge in [0.25, 0.3) is 0 Å². The highest BCUT2D eigenvalue weighted by Crippen LogP contribution is 2.42. The van der Waals surface area contributed by atoms with Crippen molar-refractivity contribution in [3.05, 3.63) is 34.3 Å². The number of carboxylic acid groups (broad SMARTS) is 1. The molecular weight excluding hydrogens is 292 g/mol. The normalized spacial score (nSPS) is 25.4. The molecule has 2 aliphatic rings. The van der Waals surface area contributed by atoms with Crippen LogP contribution in [0.1, 0.15) is 48.2 Å². The Hall–Kier alpha value is -1.39. The molecule has 1 N–H and O–H groups in total. The maximum Gasteiger partial charge on any atom is 0.307 e. The smallest absolute Gasteiger partial charge is 0.307 e. The lowest BCUT2D eigenvalue weighted by Crippen LogP contribution is -2.09. The quantitative estimate of drug-likeness (QED) is 0.817. The number of ether oxygens (including phenoxy) is 1. The summed E-state index contributed by atoms with van der Waals surface area (Å²) in [5.74, 6) is -1.97. The Labute approximate surface area is 128 Å². The molecule has 1 aromatic rings. The predicted octanol–water partition coefficient (Wildman–Crippen LogP) is 3.48. The molecule has 1 unspecified atom stereocenters. The molecule has 2 fully saturated rings. The molecule has 21 heavy (non-hydrogen) atoms. The molecule has 0 heterocycles. The molecule has 0 bridgehead atoms. The van der Waals surface area contributed by atoms with Gasteiger partial charge in [-0.2, -0.15) is 0 Å². The number of rotatable bonds is 6. The van der Waals surface area contributed by atoms with Crippen LogP contribution in [0, 0.1) is 11.8 Å². The highest BCUT2D eigenvalue weighted by Gasteiger charge is 2.48. The van der Waals surface area contributed by atoms with Crippen LogP contribution in [0.5, 0.6) is 0 Å². The van der Waals surface area contributed by atoms with Crippen LogP contribution in [0.4, 0.5) is 0 Å². The van der Waals surface area contributed by atoms with Gasteiger partial charge in [0, 0.05) is 16.5 Å². The van der Waals surface area contributed by atoms with E-state index in [1.807, 2.05) is 6.92 Å². The summed E-state index contributed by atoms with van der Waals surface area (Å²) in [4.78, 5) is 23.0. The molecule has 5 heteroatoms. The molecule has 3 atom stereocenters. The Morgan fingerprint density at radius 2 is 2.05 bits per heavy atom. The highest BCUT2D eigenvalue weighted by molar-refractivity contribution is 6.31. The first-order valence-electron chi connectivity index (χ1n) is 7.19. The van der Waals surface area contributed by atoms with Gasteiger partial charge < -0.3 is 9.84 Å². The lowest BCUT2D eigenvalue weighted by atomic mass is 10.0. The number of carbonyl (C=O) groups excluding carboxylic acids is 1. The van der Waals surface area contributed by atoms with Crippen molar-refractivity contribution in [3.63, 3.8) is 0 Å². The van der Waals surface area contributed by atoms with Crippen LogP contribution < -0.4 is 0 Å². The van der Waals surface area contributed by atoms with Gasteiger partial charge in [-0.1, -0.05) is 23.7 Å². The number of hydrogen-bond donors (Lipinski definition) is 1. The predicted molar refractivity (Wildman–Crippen MR) is 77.5 cm³/mol.